The van der Waals surface area contributed by atoms with Crippen molar-refractivity contribution in [1.82, 2.24) is 9.97 Å². The van der Waals surface area contributed by atoms with Crippen LogP contribution >= 0.6 is 0 Å². The summed E-state index contributed by atoms with van der Waals surface area (Å²) < 4.78 is 5.17. The van der Waals surface area contributed by atoms with Crippen molar-refractivity contribution in [2.24, 2.45) is 0 Å². The number of hydrogen-bond donors (Lipinski definition) is 1. The number of carbonyl (C=O) groups is 1. The molecule has 0 unspecified atom stereocenters. The average molecular weight is 280 g/mol. The van der Waals surface area contributed by atoms with E-state index in [-0.39, 0.29) is 5.56 Å². The fourth-order valence-electron chi connectivity index (χ4n) is 2.17. The Hall–Kier alpha value is -2.95. The summed E-state index contributed by atoms with van der Waals surface area (Å²) in [5.41, 5.74) is 2.13. The molecule has 104 valence electrons. The number of carboxylic acid groups (broad SMARTS) is 1. The quantitative estimate of drug-likeness (QED) is 0.798. The van der Waals surface area contributed by atoms with Gasteiger partial charge in [0.25, 0.3) is 0 Å². The zero-order valence-electron chi connectivity index (χ0n) is 11.3. The molecule has 0 saturated carbocycles. The van der Waals surface area contributed by atoms with Gasteiger partial charge in [-0.3, -0.25) is 4.98 Å². The maximum Gasteiger partial charge on any atom is 0.336 e. The number of hydrogen-bond acceptors (Lipinski definition) is 4. The van der Waals surface area contributed by atoms with Crippen LogP contribution in [0.4, 0.5) is 0 Å². The minimum atomic E-state index is -0.988. The fourth-order valence-corrected chi connectivity index (χ4v) is 2.17. The van der Waals surface area contributed by atoms with Crippen molar-refractivity contribution in [3.63, 3.8) is 0 Å². The Kier molecular flexibility index (Phi) is 3.23. The van der Waals surface area contributed by atoms with Crippen molar-refractivity contribution >= 4 is 16.9 Å². The zero-order chi connectivity index (χ0) is 14.8. The Balaban J connectivity index is 2.30. The molecular formula is C16H12N2O3. The lowest BCUT2D eigenvalue weighted by molar-refractivity contribution is 0.0699. The Morgan fingerprint density at radius 2 is 2.10 bits per heavy atom. The molecule has 0 saturated heterocycles. The first-order valence-electron chi connectivity index (χ1n) is 6.31. The normalized spacial score (nSPS) is 10.5. The molecule has 1 aromatic carbocycles. The fraction of sp³-hybridized carbons (Fsp3) is 0.0625. The summed E-state index contributed by atoms with van der Waals surface area (Å²) >= 11 is 0. The van der Waals surface area contributed by atoms with Gasteiger partial charge in [0, 0.05) is 29.4 Å². The van der Waals surface area contributed by atoms with Crippen molar-refractivity contribution in [1.29, 1.82) is 0 Å². The van der Waals surface area contributed by atoms with E-state index in [4.69, 9.17) is 4.74 Å². The van der Waals surface area contributed by atoms with E-state index >= 15 is 0 Å². The highest BCUT2D eigenvalue weighted by Crippen LogP contribution is 2.27. The molecule has 3 rings (SSSR count). The van der Waals surface area contributed by atoms with Crippen molar-refractivity contribution < 1.29 is 14.6 Å². The number of pyridine rings is 2. The van der Waals surface area contributed by atoms with Crippen LogP contribution < -0.4 is 4.74 Å². The first-order valence-corrected chi connectivity index (χ1v) is 6.31. The number of methoxy groups -OCH3 is 1. The second-order valence-electron chi connectivity index (χ2n) is 4.48. The molecule has 0 aliphatic rings. The van der Waals surface area contributed by atoms with E-state index < -0.39 is 5.97 Å². The molecule has 3 aromatic rings. The van der Waals surface area contributed by atoms with Gasteiger partial charge < -0.3 is 9.84 Å². The highest BCUT2D eigenvalue weighted by molar-refractivity contribution is 6.04. The number of ether oxygens (including phenoxy) is 1. The summed E-state index contributed by atoms with van der Waals surface area (Å²) in [6.07, 6.45) is 3.31. The lowest BCUT2D eigenvalue weighted by Crippen LogP contribution is -2.00. The van der Waals surface area contributed by atoms with E-state index in [2.05, 4.69) is 9.97 Å². The zero-order valence-corrected chi connectivity index (χ0v) is 11.3. The predicted molar refractivity (Wildman–Crippen MR) is 78.5 cm³/mol. The SMILES string of the molecule is COc1ccc2c(C(=O)O)cc(-c3cccnc3)nc2c1. The number of rotatable bonds is 3. The summed E-state index contributed by atoms with van der Waals surface area (Å²) in [6.45, 7) is 0. The monoisotopic (exact) mass is 280 g/mol. The van der Waals surface area contributed by atoms with Crippen molar-refractivity contribution in [2.45, 2.75) is 0 Å². The summed E-state index contributed by atoms with van der Waals surface area (Å²) in [7, 11) is 1.56. The van der Waals surface area contributed by atoms with Crippen LogP contribution in [0.15, 0.2) is 48.8 Å². The third-order valence-corrected chi connectivity index (χ3v) is 3.20. The van der Waals surface area contributed by atoms with Crippen LogP contribution in [0, 0.1) is 0 Å². The van der Waals surface area contributed by atoms with Gasteiger partial charge in [-0.25, -0.2) is 9.78 Å². The number of nitrogens with zero attached hydrogens (tertiary/aromatic N) is 2. The Morgan fingerprint density at radius 1 is 1.24 bits per heavy atom. The second kappa shape index (κ2) is 5.20. The van der Waals surface area contributed by atoms with Gasteiger partial charge in [-0.2, -0.15) is 0 Å². The summed E-state index contributed by atoms with van der Waals surface area (Å²) in [5, 5.41) is 9.99. The Labute approximate surface area is 120 Å². The molecule has 0 aliphatic carbocycles. The molecule has 0 atom stereocenters. The molecule has 5 nitrogen and oxygen atoms in total. The van der Waals surface area contributed by atoms with Gasteiger partial charge in [-0.15, -0.1) is 0 Å². The van der Waals surface area contributed by atoms with Gasteiger partial charge in [0.1, 0.15) is 5.75 Å². The summed E-state index contributed by atoms with van der Waals surface area (Å²) in [5.74, 6) is -0.354. The molecule has 5 heteroatoms. The van der Waals surface area contributed by atoms with Crippen molar-refractivity contribution in [3.8, 4) is 17.0 Å². The van der Waals surface area contributed by atoms with E-state index in [0.29, 0.717) is 22.3 Å². The van der Waals surface area contributed by atoms with E-state index in [1.807, 2.05) is 6.07 Å². The molecular weight excluding hydrogens is 268 g/mol. The van der Waals surface area contributed by atoms with Crippen LogP contribution in [0.1, 0.15) is 10.4 Å². The van der Waals surface area contributed by atoms with Crippen LogP contribution in [0.25, 0.3) is 22.2 Å². The van der Waals surface area contributed by atoms with Gasteiger partial charge in [0.15, 0.2) is 0 Å². The molecule has 0 fully saturated rings. The van der Waals surface area contributed by atoms with Gasteiger partial charge >= 0.3 is 5.97 Å². The molecule has 2 heterocycles. The summed E-state index contributed by atoms with van der Waals surface area (Å²) in [6, 6.07) is 10.3. The molecule has 2 aromatic heterocycles. The van der Waals surface area contributed by atoms with E-state index in [9.17, 15) is 9.90 Å². The number of carboxylic acids is 1. The predicted octanol–water partition coefficient (Wildman–Crippen LogP) is 3.00. The van der Waals surface area contributed by atoms with Gasteiger partial charge in [0.05, 0.1) is 23.9 Å². The molecule has 0 bridgehead atoms. The number of aromatic carboxylic acids is 1. The maximum absolute atomic E-state index is 11.5. The standard InChI is InChI=1S/C16H12N2O3/c1-21-11-4-5-12-13(16(19)20)8-14(18-15(12)7-11)10-3-2-6-17-9-10/h2-9H,1H3,(H,19,20). The molecule has 21 heavy (non-hydrogen) atoms. The maximum atomic E-state index is 11.5. The molecule has 0 aliphatic heterocycles. The molecule has 1 N–H and O–H groups in total. The van der Waals surface area contributed by atoms with Crippen molar-refractivity contribution in [3.05, 3.63) is 54.4 Å². The number of fused-ring (bicyclic) bond motifs is 1. The first kappa shape index (κ1) is 13.1. The third kappa shape index (κ3) is 2.41. The molecule has 0 radical (unpaired) electrons. The van der Waals surface area contributed by atoms with Crippen LogP contribution in [0.2, 0.25) is 0 Å². The lowest BCUT2D eigenvalue weighted by Gasteiger charge is -2.08. The topological polar surface area (TPSA) is 72.3 Å². The minimum Gasteiger partial charge on any atom is -0.497 e. The number of benzene rings is 1. The van der Waals surface area contributed by atoms with Gasteiger partial charge in [-0.05, 0) is 30.3 Å². The Bertz CT molecular complexity index is 816. The Morgan fingerprint density at radius 3 is 2.76 bits per heavy atom. The molecule has 0 spiro atoms. The van der Waals surface area contributed by atoms with E-state index in [1.54, 1.807) is 49.8 Å². The smallest absolute Gasteiger partial charge is 0.336 e. The van der Waals surface area contributed by atoms with Gasteiger partial charge in [0.2, 0.25) is 0 Å². The third-order valence-electron chi connectivity index (χ3n) is 3.20. The average Bonchev–Trinajstić information content (AvgIpc) is 2.53. The van der Waals surface area contributed by atoms with Crippen molar-refractivity contribution in [2.75, 3.05) is 7.11 Å². The lowest BCUT2D eigenvalue weighted by atomic mass is 10.0. The minimum absolute atomic E-state index is 0.210. The largest absolute Gasteiger partial charge is 0.497 e. The van der Waals surface area contributed by atoms with Crippen LogP contribution in [0.3, 0.4) is 0 Å². The number of aromatic nitrogens is 2. The van der Waals surface area contributed by atoms with Crippen LogP contribution in [-0.2, 0) is 0 Å². The van der Waals surface area contributed by atoms with Gasteiger partial charge in [-0.1, -0.05) is 0 Å². The van der Waals surface area contributed by atoms with Crippen LogP contribution in [0.5, 0.6) is 5.75 Å². The van der Waals surface area contributed by atoms with E-state index in [0.717, 1.165) is 5.56 Å². The highest BCUT2D eigenvalue weighted by atomic mass is 16.5. The van der Waals surface area contributed by atoms with E-state index in [1.165, 1.54) is 0 Å². The molecule has 0 amide bonds. The summed E-state index contributed by atoms with van der Waals surface area (Å²) in [4.78, 5) is 20.0. The highest BCUT2D eigenvalue weighted by Gasteiger charge is 2.13. The van der Waals surface area contributed by atoms with Crippen LogP contribution in [-0.4, -0.2) is 28.2 Å². The first-order chi connectivity index (χ1) is 10.2. The second-order valence-corrected chi connectivity index (χ2v) is 4.48.